The van der Waals surface area contributed by atoms with E-state index in [1.807, 2.05) is 25.1 Å². The molecule has 4 heterocycles. The van der Waals surface area contributed by atoms with E-state index >= 15 is 0 Å². The lowest BCUT2D eigenvalue weighted by atomic mass is 9.98. The van der Waals surface area contributed by atoms with Gasteiger partial charge < -0.3 is 15.3 Å². The molecule has 34 heavy (non-hydrogen) atoms. The number of pyridine rings is 1. The SMILES string of the molecule is CCC1(O)CCc2ccc(-n3cc(F)c4cnc(Nc5ccc6c(c5)CN(C)CC6)nc43)nc21. The van der Waals surface area contributed by atoms with Gasteiger partial charge in [0.05, 0.1) is 11.1 Å². The number of anilines is 2. The summed E-state index contributed by atoms with van der Waals surface area (Å²) in [7, 11) is 2.12. The molecule has 6 rings (SSSR count). The van der Waals surface area contributed by atoms with Gasteiger partial charge in [0.1, 0.15) is 11.4 Å². The fraction of sp³-hybridized carbons (Fsp3) is 0.346. The number of aryl methyl sites for hydroxylation is 1. The van der Waals surface area contributed by atoms with Crippen molar-refractivity contribution in [2.45, 2.75) is 44.8 Å². The van der Waals surface area contributed by atoms with Gasteiger partial charge >= 0.3 is 0 Å². The normalized spacial score (nSPS) is 19.9. The van der Waals surface area contributed by atoms with Gasteiger partial charge in [-0.25, -0.2) is 14.4 Å². The minimum atomic E-state index is -0.935. The molecule has 0 fully saturated rings. The Morgan fingerprint density at radius 3 is 2.82 bits per heavy atom. The molecule has 3 aromatic heterocycles. The van der Waals surface area contributed by atoms with E-state index in [0.717, 1.165) is 37.2 Å². The lowest BCUT2D eigenvalue weighted by Crippen LogP contribution is -2.26. The molecule has 0 saturated heterocycles. The number of nitrogens with one attached hydrogen (secondary N) is 1. The van der Waals surface area contributed by atoms with Gasteiger partial charge in [0, 0.05) is 31.2 Å². The Morgan fingerprint density at radius 2 is 1.97 bits per heavy atom. The fourth-order valence-electron chi connectivity index (χ4n) is 5.13. The second kappa shape index (κ2) is 7.85. The van der Waals surface area contributed by atoms with Crippen LogP contribution < -0.4 is 5.32 Å². The summed E-state index contributed by atoms with van der Waals surface area (Å²) >= 11 is 0. The van der Waals surface area contributed by atoms with Crippen LogP contribution in [-0.2, 0) is 25.0 Å². The summed E-state index contributed by atoms with van der Waals surface area (Å²) in [5.74, 6) is 0.511. The van der Waals surface area contributed by atoms with E-state index < -0.39 is 11.4 Å². The number of nitrogens with zero attached hydrogens (tertiary/aromatic N) is 5. The van der Waals surface area contributed by atoms with Gasteiger partial charge in [-0.3, -0.25) is 4.57 Å². The molecule has 174 valence electrons. The Hall–Kier alpha value is -3.36. The largest absolute Gasteiger partial charge is 0.384 e. The Bertz CT molecular complexity index is 1420. The number of aromatic nitrogens is 4. The van der Waals surface area contributed by atoms with Crippen LogP contribution in [0.1, 0.15) is 42.1 Å². The van der Waals surface area contributed by atoms with Crippen LogP contribution in [0.5, 0.6) is 0 Å². The summed E-state index contributed by atoms with van der Waals surface area (Å²) in [6, 6.07) is 10.1. The molecule has 0 radical (unpaired) electrons. The summed E-state index contributed by atoms with van der Waals surface area (Å²) in [4.78, 5) is 16.0. The molecule has 7 nitrogen and oxygen atoms in total. The molecular weight excluding hydrogens is 431 g/mol. The van der Waals surface area contributed by atoms with E-state index in [4.69, 9.17) is 4.98 Å². The van der Waals surface area contributed by atoms with Crippen molar-refractivity contribution < 1.29 is 9.50 Å². The monoisotopic (exact) mass is 458 g/mol. The third-order valence-corrected chi connectivity index (χ3v) is 7.21. The van der Waals surface area contributed by atoms with Crippen molar-refractivity contribution in [2.75, 3.05) is 18.9 Å². The standard InChI is InChI=1S/C26H27FN6O/c1-3-26(34)10-8-17-5-7-22(30-23(17)26)33-15-21(27)20-13-28-25(31-24(20)33)29-19-6-4-16-9-11-32(2)14-18(16)12-19/h4-7,12-13,15,34H,3,8-11,14H2,1-2H3,(H,28,29,31). The molecule has 2 N–H and O–H groups in total. The molecular formula is C26H27FN6O. The van der Waals surface area contributed by atoms with Crippen molar-refractivity contribution in [1.29, 1.82) is 0 Å². The molecule has 1 unspecified atom stereocenters. The smallest absolute Gasteiger partial charge is 0.229 e. The molecule has 1 aliphatic carbocycles. The van der Waals surface area contributed by atoms with E-state index in [0.29, 0.717) is 41.3 Å². The van der Waals surface area contributed by atoms with E-state index in [1.54, 1.807) is 4.57 Å². The van der Waals surface area contributed by atoms with Gasteiger partial charge in [0.15, 0.2) is 11.5 Å². The van der Waals surface area contributed by atoms with Crippen LogP contribution in [0.4, 0.5) is 16.0 Å². The Morgan fingerprint density at radius 1 is 1.12 bits per heavy atom. The molecule has 2 aliphatic rings. The maximum atomic E-state index is 14.8. The molecule has 0 amide bonds. The Kier molecular flexibility index (Phi) is 4.89. The molecule has 8 heteroatoms. The summed E-state index contributed by atoms with van der Waals surface area (Å²) in [5, 5.41) is 14.6. The maximum Gasteiger partial charge on any atom is 0.229 e. The van der Waals surface area contributed by atoms with Crippen LogP contribution in [0, 0.1) is 5.82 Å². The number of aliphatic hydroxyl groups is 1. The first-order chi connectivity index (χ1) is 16.4. The number of hydrogen-bond donors (Lipinski definition) is 2. The lowest BCUT2D eigenvalue weighted by Gasteiger charge is -2.25. The van der Waals surface area contributed by atoms with Crippen molar-refractivity contribution in [3.8, 4) is 5.82 Å². The van der Waals surface area contributed by atoms with E-state index in [9.17, 15) is 9.50 Å². The highest BCUT2D eigenvalue weighted by Gasteiger charge is 2.37. The van der Waals surface area contributed by atoms with Crippen LogP contribution >= 0.6 is 0 Å². The molecule has 0 spiro atoms. The van der Waals surface area contributed by atoms with Crippen LogP contribution in [-0.4, -0.2) is 43.1 Å². The predicted octanol–water partition coefficient (Wildman–Crippen LogP) is 4.23. The van der Waals surface area contributed by atoms with Gasteiger partial charge in [-0.05, 0) is 67.6 Å². The molecule has 1 atom stereocenters. The highest BCUT2D eigenvalue weighted by molar-refractivity contribution is 5.79. The van der Waals surface area contributed by atoms with Crippen molar-refractivity contribution in [2.24, 2.45) is 0 Å². The maximum absolute atomic E-state index is 14.8. The van der Waals surface area contributed by atoms with Crippen LogP contribution in [0.25, 0.3) is 16.9 Å². The van der Waals surface area contributed by atoms with Crippen molar-refractivity contribution in [1.82, 2.24) is 24.4 Å². The van der Waals surface area contributed by atoms with Gasteiger partial charge in [-0.15, -0.1) is 0 Å². The third kappa shape index (κ3) is 3.45. The second-order valence-corrected chi connectivity index (χ2v) is 9.44. The highest BCUT2D eigenvalue weighted by atomic mass is 19.1. The van der Waals surface area contributed by atoms with Crippen LogP contribution in [0.3, 0.4) is 0 Å². The minimum Gasteiger partial charge on any atom is -0.384 e. The molecule has 0 bridgehead atoms. The topological polar surface area (TPSA) is 79.1 Å². The van der Waals surface area contributed by atoms with Crippen molar-refractivity contribution >= 4 is 22.7 Å². The number of halogens is 1. The highest BCUT2D eigenvalue weighted by Crippen LogP contribution is 2.38. The first kappa shape index (κ1) is 21.2. The van der Waals surface area contributed by atoms with Crippen LogP contribution in [0.15, 0.2) is 42.7 Å². The van der Waals surface area contributed by atoms with Crippen molar-refractivity contribution in [3.05, 3.63) is 70.9 Å². The molecule has 1 aromatic carbocycles. The van der Waals surface area contributed by atoms with E-state index in [-0.39, 0.29) is 0 Å². The number of benzene rings is 1. The summed E-state index contributed by atoms with van der Waals surface area (Å²) < 4.78 is 16.4. The number of hydrogen-bond acceptors (Lipinski definition) is 6. The fourth-order valence-corrected chi connectivity index (χ4v) is 5.13. The zero-order chi connectivity index (χ0) is 23.4. The van der Waals surface area contributed by atoms with Crippen LogP contribution in [0.2, 0.25) is 0 Å². The first-order valence-electron chi connectivity index (χ1n) is 11.8. The summed E-state index contributed by atoms with van der Waals surface area (Å²) in [6.45, 7) is 3.93. The Labute approximate surface area is 197 Å². The van der Waals surface area contributed by atoms with E-state index in [1.165, 1.54) is 23.5 Å². The van der Waals surface area contributed by atoms with E-state index in [2.05, 4.69) is 39.4 Å². The molecule has 1 aliphatic heterocycles. The summed E-state index contributed by atoms with van der Waals surface area (Å²) in [5.41, 5.74) is 4.77. The minimum absolute atomic E-state index is 0.325. The zero-order valence-corrected chi connectivity index (χ0v) is 19.3. The van der Waals surface area contributed by atoms with Crippen molar-refractivity contribution in [3.63, 3.8) is 0 Å². The van der Waals surface area contributed by atoms with Gasteiger partial charge in [0.25, 0.3) is 0 Å². The molecule has 0 saturated carbocycles. The zero-order valence-electron chi connectivity index (χ0n) is 19.3. The molecule has 4 aromatic rings. The average Bonchev–Trinajstić information content (AvgIpc) is 3.35. The average molecular weight is 459 g/mol. The summed E-state index contributed by atoms with van der Waals surface area (Å²) in [6.07, 6.45) is 5.96. The van der Waals surface area contributed by atoms with Gasteiger partial charge in [-0.2, -0.15) is 4.98 Å². The number of fused-ring (bicyclic) bond motifs is 3. The van der Waals surface area contributed by atoms with Gasteiger partial charge in [-0.1, -0.05) is 19.1 Å². The second-order valence-electron chi connectivity index (χ2n) is 9.44. The first-order valence-corrected chi connectivity index (χ1v) is 11.8. The number of rotatable bonds is 4. The third-order valence-electron chi connectivity index (χ3n) is 7.21. The number of likely N-dealkylation sites (N-methyl/N-ethyl adjacent to an activating group) is 1. The quantitative estimate of drug-likeness (QED) is 0.477. The van der Waals surface area contributed by atoms with Gasteiger partial charge in [0.2, 0.25) is 5.95 Å². The Balaban J connectivity index is 1.37. The lowest BCUT2D eigenvalue weighted by molar-refractivity contribution is 0.0306. The predicted molar refractivity (Wildman–Crippen MR) is 129 cm³/mol.